The van der Waals surface area contributed by atoms with E-state index in [9.17, 15) is 4.79 Å². The number of likely N-dealkylation sites (tertiary alicyclic amines) is 1. The molecule has 0 saturated carbocycles. The number of hydrogen-bond donors (Lipinski definition) is 1. The number of nitrogens with zero attached hydrogens (tertiary/aromatic N) is 1. The van der Waals surface area contributed by atoms with Gasteiger partial charge in [-0.05, 0) is 62.2 Å². The first-order valence-corrected chi connectivity index (χ1v) is 7.31. The highest BCUT2D eigenvalue weighted by molar-refractivity contribution is 6.31. The Balaban J connectivity index is 2.03. The number of rotatable bonds is 4. The number of halogens is 1. The minimum Gasteiger partial charge on any atom is -0.465 e. The molecule has 0 bridgehead atoms. The van der Waals surface area contributed by atoms with Crippen molar-refractivity contribution in [2.45, 2.75) is 19.4 Å². The lowest BCUT2D eigenvalue weighted by atomic mass is 9.96. The molecular weight excluding hydrogens is 276 g/mol. The first-order chi connectivity index (χ1) is 9.63. The quantitative estimate of drug-likeness (QED) is 0.866. The van der Waals surface area contributed by atoms with E-state index in [2.05, 4.69) is 4.90 Å². The SMILES string of the molecule is COC(=O)c1ccc(Cl)c(CN2CCC(CN)CC2)c1. The van der Waals surface area contributed by atoms with Gasteiger partial charge in [-0.1, -0.05) is 11.6 Å². The van der Waals surface area contributed by atoms with Gasteiger partial charge in [-0.25, -0.2) is 4.79 Å². The van der Waals surface area contributed by atoms with E-state index in [0.29, 0.717) is 16.5 Å². The van der Waals surface area contributed by atoms with Crippen LogP contribution in [0.15, 0.2) is 18.2 Å². The molecule has 1 aliphatic rings. The molecular formula is C15H21ClN2O2. The normalized spacial score (nSPS) is 17.1. The van der Waals surface area contributed by atoms with Gasteiger partial charge in [0.1, 0.15) is 0 Å². The van der Waals surface area contributed by atoms with Crippen molar-refractivity contribution in [3.63, 3.8) is 0 Å². The van der Waals surface area contributed by atoms with Crippen LogP contribution in [0.2, 0.25) is 5.02 Å². The van der Waals surface area contributed by atoms with Gasteiger partial charge in [-0.15, -0.1) is 0 Å². The number of methoxy groups -OCH3 is 1. The van der Waals surface area contributed by atoms with Gasteiger partial charge in [0, 0.05) is 11.6 Å². The van der Waals surface area contributed by atoms with Gasteiger partial charge in [0.05, 0.1) is 12.7 Å². The van der Waals surface area contributed by atoms with Crippen molar-refractivity contribution in [3.05, 3.63) is 34.3 Å². The van der Waals surface area contributed by atoms with Gasteiger partial charge in [0.2, 0.25) is 0 Å². The fraction of sp³-hybridized carbons (Fsp3) is 0.533. The Morgan fingerprint density at radius 2 is 2.15 bits per heavy atom. The second-order valence-corrected chi connectivity index (χ2v) is 5.66. The van der Waals surface area contributed by atoms with E-state index in [1.54, 1.807) is 12.1 Å². The molecule has 0 atom stereocenters. The highest BCUT2D eigenvalue weighted by Gasteiger charge is 2.19. The van der Waals surface area contributed by atoms with E-state index in [-0.39, 0.29) is 5.97 Å². The van der Waals surface area contributed by atoms with Crippen LogP contribution < -0.4 is 5.73 Å². The number of piperidine rings is 1. The van der Waals surface area contributed by atoms with Crippen LogP contribution in [0.1, 0.15) is 28.8 Å². The molecule has 0 unspecified atom stereocenters. The largest absolute Gasteiger partial charge is 0.465 e. The van der Waals surface area contributed by atoms with Gasteiger partial charge < -0.3 is 10.5 Å². The minimum absolute atomic E-state index is 0.329. The van der Waals surface area contributed by atoms with Crippen molar-refractivity contribution in [1.82, 2.24) is 4.90 Å². The molecule has 0 amide bonds. The Labute approximate surface area is 124 Å². The van der Waals surface area contributed by atoms with Gasteiger partial charge in [0.15, 0.2) is 0 Å². The summed E-state index contributed by atoms with van der Waals surface area (Å²) in [5.74, 6) is 0.313. The number of benzene rings is 1. The number of carbonyl (C=O) groups excluding carboxylic acids is 1. The fourth-order valence-corrected chi connectivity index (χ4v) is 2.74. The van der Waals surface area contributed by atoms with E-state index in [0.717, 1.165) is 44.6 Å². The summed E-state index contributed by atoms with van der Waals surface area (Å²) >= 11 is 6.22. The van der Waals surface area contributed by atoms with Crippen molar-refractivity contribution in [1.29, 1.82) is 0 Å². The number of nitrogens with two attached hydrogens (primary N) is 1. The van der Waals surface area contributed by atoms with Crippen LogP contribution in [0.4, 0.5) is 0 Å². The maximum Gasteiger partial charge on any atom is 0.337 e. The monoisotopic (exact) mass is 296 g/mol. The molecule has 1 aliphatic heterocycles. The van der Waals surface area contributed by atoms with Crippen molar-refractivity contribution in [2.75, 3.05) is 26.7 Å². The van der Waals surface area contributed by atoms with E-state index in [1.165, 1.54) is 7.11 Å². The van der Waals surface area contributed by atoms with Crippen LogP contribution in [0, 0.1) is 5.92 Å². The third-order valence-corrected chi connectivity index (χ3v) is 4.27. The van der Waals surface area contributed by atoms with E-state index < -0.39 is 0 Å². The summed E-state index contributed by atoms with van der Waals surface area (Å²) in [5.41, 5.74) is 7.22. The third kappa shape index (κ3) is 3.72. The Bertz CT molecular complexity index is 471. The Morgan fingerprint density at radius 1 is 1.45 bits per heavy atom. The van der Waals surface area contributed by atoms with Crippen molar-refractivity contribution >= 4 is 17.6 Å². The summed E-state index contributed by atoms with van der Waals surface area (Å²) in [6, 6.07) is 5.28. The number of esters is 1. The van der Waals surface area contributed by atoms with Crippen LogP contribution in [0.5, 0.6) is 0 Å². The maximum absolute atomic E-state index is 11.6. The highest BCUT2D eigenvalue weighted by atomic mass is 35.5. The number of hydrogen-bond acceptors (Lipinski definition) is 4. The molecule has 1 aromatic rings. The first-order valence-electron chi connectivity index (χ1n) is 6.93. The van der Waals surface area contributed by atoms with Crippen LogP contribution in [0.3, 0.4) is 0 Å². The van der Waals surface area contributed by atoms with Gasteiger partial charge >= 0.3 is 5.97 Å². The van der Waals surface area contributed by atoms with E-state index >= 15 is 0 Å². The predicted molar refractivity (Wildman–Crippen MR) is 79.8 cm³/mol. The summed E-state index contributed by atoms with van der Waals surface area (Å²) in [6.07, 6.45) is 2.26. The van der Waals surface area contributed by atoms with Crippen LogP contribution in [0.25, 0.3) is 0 Å². The predicted octanol–water partition coefficient (Wildman–Crippen LogP) is 2.30. The average Bonchev–Trinajstić information content (AvgIpc) is 2.49. The maximum atomic E-state index is 11.6. The third-order valence-electron chi connectivity index (χ3n) is 3.90. The van der Waals surface area contributed by atoms with E-state index in [4.69, 9.17) is 22.1 Å². The second kappa shape index (κ2) is 7.07. The van der Waals surface area contributed by atoms with Crippen LogP contribution in [-0.2, 0) is 11.3 Å². The molecule has 0 aromatic heterocycles. The Hall–Kier alpha value is -1.10. The van der Waals surface area contributed by atoms with Crippen molar-refractivity contribution in [2.24, 2.45) is 11.7 Å². The molecule has 1 heterocycles. The molecule has 1 aromatic carbocycles. The number of ether oxygens (including phenoxy) is 1. The minimum atomic E-state index is -0.329. The topological polar surface area (TPSA) is 55.6 Å². The van der Waals surface area contributed by atoms with Crippen molar-refractivity contribution < 1.29 is 9.53 Å². The zero-order chi connectivity index (χ0) is 14.5. The number of carbonyl (C=O) groups is 1. The molecule has 2 N–H and O–H groups in total. The van der Waals surface area contributed by atoms with Gasteiger partial charge in [0.25, 0.3) is 0 Å². The van der Waals surface area contributed by atoms with E-state index in [1.807, 2.05) is 6.07 Å². The summed E-state index contributed by atoms with van der Waals surface area (Å²) in [5, 5.41) is 0.693. The standard InChI is InChI=1S/C15H21ClN2O2/c1-20-15(19)12-2-3-14(16)13(8-12)10-18-6-4-11(9-17)5-7-18/h2-3,8,11H,4-7,9-10,17H2,1H3. The molecule has 20 heavy (non-hydrogen) atoms. The summed E-state index contributed by atoms with van der Waals surface area (Å²) in [7, 11) is 1.38. The van der Waals surface area contributed by atoms with Gasteiger partial charge in [-0.2, -0.15) is 0 Å². The van der Waals surface area contributed by atoms with Gasteiger partial charge in [-0.3, -0.25) is 4.90 Å². The Kier molecular flexibility index (Phi) is 5.40. The molecule has 110 valence electrons. The highest BCUT2D eigenvalue weighted by Crippen LogP contribution is 2.23. The fourth-order valence-electron chi connectivity index (χ4n) is 2.56. The molecule has 5 heteroatoms. The molecule has 0 spiro atoms. The molecule has 2 rings (SSSR count). The Morgan fingerprint density at radius 3 is 2.75 bits per heavy atom. The summed E-state index contributed by atoms with van der Waals surface area (Å²) in [6.45, 7) is 3.59. The zero-order valence-corrected chi connectivity index (χ0v) is 12.5. The first kappa shape index (κ1) is 15.3. The molecule has 1 saturated heterocycles. The lowest BCUT2D eigenvalue weighted by Crippen LogP contribution is -2.35. The molecule has 0 radical (unpaired) electrons. The molecule has 4 nitrogen and oxygen atoms in total. The molecule has 1 fully saturated rings. The summed E-state index contributed by atoms with van der Waals surface area (Å²) in [4.78, 5) is 13.9. The van der Waals surface area contributed by atoms with Crippen LogP contribution in [-0.4, -0.2) is 37.6 Å². The zero-order valence-electron chi connectivity index (χ0n) is 11.8. The van der Waals surface area contributed by atoms with Crippen molar-refractivity contribution in [3.8, 4) is 0 Å². The molecule has 0 aliphatic carbocycles. The average molecular weight is 297 g/mol. The second-order valence-electron chi connectivity index (χ2n) is 5.25. The summed E-state index contributed by atoms with van der Waals surface area (Å²) < 4.78 is 4.74. The smallest absolute Gasteiger partial charge is 0.337 e. The lowest BCUT2D eigenvalue weighted by molar-refractivity contribution is 0.0600. The van der Waals surface area contributed by atoms with Crippen LogP contribution >= 0.6 is 11.6 Å². The lowest BCUT2D eigenvalue weighted by Gasteiger charge is -2.31.